The molecule has 1 radical (unpaired) electrons. The van der Waals surface area contributed by atoms with Gasteiger partial charge in [-0.2, -0.15) is 0 Å². The average molecular weight is 484 g/mol. The summed E-state index contributed by atoms with van der Waals surface area (Å²) in [6.07, 6.45) is 13.9. The van der Waals surface area contributed by atoms with Gasteiger partial charge in [-0.15, -0.1) is 38.0 Å². The summed E-state index contributed by atoms with van der Waals surface area (Å²) in [5.74, 6) is -3.58. The summed E-state index contributed by atoms with van der Waals surface area (Å²) in [5.41, 5.74) is 0.334. The molecule has 0 aromatic rings. The molecule has 4 aliphatic heterocycles. The van der Waals surface area contributed by atoms with Gasteiger partial charge < -0.3 is 41.7 Å². The van der Waals surface area contributed by atoms with E-state index in [4.69, 9.17) is 0 Å². The first-order chi connectivity index (χ1) is 14.4. The zero-order valence-electron chi connectivity index (χ0n) is 18.0. The Morgan fingerprint density at radius 3 is 1.58 bits per heavy atom. The van der Waals surface area contributed by atoms with Crippen LogP contribution in [0.2, 0.25) is 0 Å². The average Bonchev–Trinajstić information content (AvgIpc) is 2.82. The molecule has 4 N–H and O–H groups in total. The van der Waals surface area contributed by atoms with Crippen LogP contribution >= 0.6 is 0 Å². The third-order valence-electron chi connectivity index (χ3n) is 6.29. The molecule has 3 fully saturated rings. The van der Waals surface area contributed by atoms with Gasteiger partial charge in [0.1, 0.15) is 5.79 Å². The standard InChI is InChI=1S/C11H20N2O2.C11H16N2O2.Cu/c2*14-11(15,9-5-1-3-7-12-9)10-6-2-4-8-13-10;/h9-10,14-15H,1-8H2;1,3,5,10,14-15H,2,4,6-8H2;/q2*-2;+2. The number of hydrogen-bond acceptors (Lipinski definition) is 4. The van der Waals surface area contributed by atoms with Crippen molar-refractivity contribution in [1.29, 1.82) is 0 Å². The van der Waals surface area contributed by atoms with Gasteiger partial charge in [0.05, 0.1) is 0 Å². The van der Waals surface area contributed by atoms with Crippen LogP contribution in [0.5, 0.6) is 0 Å². The third kappa shape index (κ3) is 7.25. The molecule has 181 valence electrons. The predicted molar refractivity (Wildman–Crippen MR) is 117 cm³/mol. The Hall–Kier alpha value is -0.481. The fourth-order valence-electron chi connectivity index (χ4n) is 4.44. The smallest absolute Gasteiger partial charge is 0.680 e. The maximum Gasteiger partial charge on any atom is 2.00 e. The molecule has 3 unspecified atom stereocenters. The maximum absolute atomic E-state index is 10.1. The number of allylic oxidation sites excluding steroid dienone is 2. The van der Waals surface area contributed by atoms with Crippen LogP contribution in [0.4, 0.5) is 0 Å². The van der Waals surface area contributed by atoms with Crippen LogP contribution < -0.4 is 0 Å². The number of piperidine rings is 3. The van der Waals surface area contributed by atoms with Gasteiger partial charge in [0.25, 0.3) is 0 Å². The van der Waals surface area contributed by atoms with Gasteiger partial charge in [-0.1, -0.05) is 88.1 Å². The molecular weight excluding hydrogens is 448 g/mol. The molecule has 4 aliphatic rings. The van der Waals surface area contributed by atoms with Crippen LogP contribution in [0.25, 0.3) is 21.3 Å². The van der Waals surface area contributed by atoms with Crippen molar-refractivity contribution in [3.05, 3.63) is 45.2 Å². The zero-order chi connectivity index (χ0) is 21.5. The predicted octanol–water partition coefficient (Wildman–Crippen LogP) is 2.94. The van der Waals surface area contributed by atoms with Gasteiger partial charge in [-0.25, -0.2) is 0 Å². The summed E-state index contributed by atoms with van der Waals surface area (Å²) < 4.78 is 0. The molecule has 4 rings (SSSR count). The normalized spacial score (nSPS) is 29.5. The molecule has 3 atom stereocenters. The van der Waals surface area contributed by atoms with Crippen LogP contribution in [-0.2, 0) is 17.1 Å². The number of hydrogen-bond donors (Lipinski definition) is 4. The van der Waals surface area contributed by atoms with Crippen molar-refractivity contribution in [3.63, 3.8) is 0 Å². The van der Waals surface area contributed by atoms with Gasteiger partial charge in [0, 0.05) is 0 Å². The summed E-state index contributed by atoms with van der Waals surface area (Å²) in [5, 5.41) is 57.3. The van der Waals surface area contributed by atoms with E-state index in [1.807, 2.05) is 6.08 Å². The van der Waals surface area contributed by atoms with Gasteiger partial charge in [-0.3, -0.25) is 0 Å². The molecule has 0 aromatic heterocycles. The van der Waals surface area contributed by atoms with E-state index in [1.165, 1.54) is 0 Å². The first-order valence-corrected chi connectivity index (χ1v) is 11.4. The van der Waals surface area contributed by atoms with Crippen LogP contribution in [0.15, 0.2) is 23.9 Å². The molecule has 0 bridgehead atoms. The molecule has 3 saturated heterocycles. The summed E-state index contributed by atoms with van der Waals surface area (Å²) in [6, 6.07) is -1.07. The summed E-state index contributed by atoms with van der Waals surface area (Å²) in [4.78, 5) is 0. The number of aliphatic hydroxyl groups is 4. The maximum atomic E-state index is 10.1. The third-order valence-corrected chi connectivity index (χ3v) is 6.29. The number of nitrogens with zero attached hydrogens (tertiary/aromatic N) is 4. The molecule has 4 heterocycles. The SMILES string of the molecule is OC(O)(C1=CC=CC[N-]1)C1CCCC[N-]1.OC(O)(C1CCCC[N-]1)C1CCCC[N-]1.[Cu+2]. The van der Waals surface area contributed by atoms with Crippen LogP contribution in [-0.4, -0.2) is 76.3 Å². The van der Waals surface area contributed by atoms with Crippen molar-refractivity contribution >= 4 is 0 Å². The summed E-state index contributed by atoms with van der Waals surface area (Å²) in [6.45, 7) is 2.76. The van der Waals surface area contributed by atoms with Gasteiger partial charge in [0.2, 0.25) is 0 Å². The second kappa shape index (κ2) is 12.7. The Bertz CT molecular complexity index is 562. The van der Waals surface area contributed by atoms with E-state index in [9.17, 15) is 20.4 Å². The van der Waals surface area contributed by atoms with Crippen molar-refractivity contribution in [3.8, 4) is 0 Å². The Labute approximate surface area is 196 Å². The second-order valence-electron chi connectivity index (χ2n) is 8.58. The van der Waals surface area contributed by atoms with Crippen LogP contribution in [0.1, 0.15) is 57.8 Å². The molecule has 31 heavy (non-hydrogen) atoms. The van der Waals surface area contributed by atoms with E-state index in [0.717, 1.165) is 77.4 Å². The van der Waals surface area contributed by atoms with Gasteiger partial charge >= 0.3 is 17.1 Å². The first-order valence-electron chi connectivity index (χ1n) is 11.4. The molecule has 9 heteroatoms. The van der Waals surface area contributed by atoms with E-state index < -0.39 is 17.6 Å². The Morgan fingerprint density at radius 1 is 0.710 bits per heavy atom. The van der Waals surface area contributed by atoms with Crippen LogP contribution in [0.3, 0.4) is 0 Å². The van der Waals surface area contributed by atoms with Crippen molar-refractivity contribution < 1.29 is 37.5 Å². The van der Waals surface area contributed by atoms with Crippen molar-refractivity contribution in [1.82, 2.24) is 0 Å². The van der Waals surface area contributed by atoms with Gasteiger partial charge in [0.15, 0.2) is 5.79 Å². The van der Waals surface area contributed by atoms with E-state index in [1.54, 1.807) is 12.2 Å². The molecule has 8 nitrogen and oxygen atoms in total. The van der Waals surface area contributed by atoms with E-state index in [2.05, 4.69) is 21.3 Å². The largest absolute Gasteiger partial charge is 2.00 e. The number of rotatable bonds is 4. The minimum absolute atomic E-state index is 0. The van der Waals surface area contributed by atoms with Gasteiger partial charge in [-0.05, 0) is 0 Å². The minimum Gasteiger partial charge on any atom is -0.680 e. The van der Waals surface area contributed by atoms with Crippen LogP contribution in [0, 0.1) is 0 Å². The topological polar surface area (TPSA) is 137 Å². The monoisotopic (exact) mass is 483 g/mol. The first kappa shape index (κ1) is 26.8. The molecule has 0 aliphatic carbocycles. The Balaban J connectivity index is 0.000000213. The summed E-state index contributed by atoms with van der Waals surface area (Å²) in [7, 11) is 0. The van der Waals surface area contributed by atoms with Crippen molar-refractivity contribution in [2.45, 2.75) is 87.5 Å². The molecule has 0 spiro atoms. The van der Waals surface area contributed by atoms with E-state index in [0.29, 0.717) is 12.2 Å². The second-order valence-corrected chi connectivity index (χ2v) is 8.58. The van der Waals surface area contributed by atoms with E-state index in [-0.39, 0.29) is 29.2 Å². The van der Waals surface area contributed by atoms with E-state index >= 15 is 0 Å². The summed E-state index contributed by atoms with van der Waals surface area (Å²) >= 11 is 0. The molecular formula is C22H36CuN4O4-2. The quantitative estimate of drug-likeness (QED) is 0.360. The molecule has 0 amide bonds. The zero-order valence-corrected chi connectivity index (χ0v) is 19.0. The fraction of sp³-hybridized carbons (Fsp3) is 0.818. The Kier molecular flexibility index (Phi) is 10.9. The minimum atomic E-state index is -1.88. The van der Waals surface area contributed by atoms with Crippen molar-refractivity contribution in [2.75, 3.05) is 26.2 Å². The van der Waals surface area contributed by atoms with Crippen molar-refractivity contribution in [2.24, 2.45) is 0 Å². The molecule has 0 saturated carbocycles. The Morgan fingerprint density at radius 2 is 1.19 bits per heavy atom. The molecule has 0 aromatic carbocycles. The fourth-order valence-corrected chi connectivity index (χ4v) is 4.44.